The smallest absolute Gasteiger partial charge is 0.453 e. The van der Waals surface area contributed by atoms with Crippen molar-refractivity contribution in [3.8, 4) is 17.2 Å². The summed E-state index contributed by atoms with van der Waals surface area (Å²) in [5, 5.41) is 12.2. The minimum atomic E-state index is -4.91. The van der Waals surface area contributed by atoms with E-state index in [0.717, 1.165) is 30.5 Å². The topological polar surface area (TPSA) is 97.7 Å². The number of hydrogen-bond acceptors (Lipinski definition) is 7. The van der Waals surface area contributed by atoms with E-state index in [2.05, 4.69) is 9.13 Å². The molecule has 5 rings (SSSR count). The van der Waals surface area contributed by atoms with Crippen molar-refractivity contribution in [1.82, 2.24) is 0 Å². The second-order valence-electron chi connectivity index (χ2n) is 8.70. The first-order valence-corrected chi connectivity index (χ1v) is 13.6. The van der Waals surface area contributed by atoms with Crippen molar-refractivity contribution in [2.24, 2.45) is 10.3 Å². The van der Waals surface area contributed by atoms with Crippen molar-refractivity contribution in [2.75, 3.05) is 18.1 Å². The molecule has 3 atom stereocenters. The van der Waals surface area contributed by atoms with Gasteiger partial charge in [0.25, 0.3) is 10.0 Å². The summed E-state index contributed by atoms with van der Waals surface area (Å²) in [6.45, 7) is 0.0867. The maximum atomic E-state index is 12.7. The molecule has 0 spiro atoms. The van der Waals surface area contributed by atoms with Crippen LogP contribution in [-0.4, -0.2) is 51.5 Å². The summed E-state index contributed by atoms with van der Waals surface area (Å²) in [6, 6.07) is 13.0. The molecule has 1 fully saturated rings. The number of rotatable bonds is 5. The van der Waals surface area contributed by atoms with Crippen LogP contribution in [0.4, 0.5) is 24.5 Å². The number of nitrogens with zero attached hydrogens (tertiary/aromatic N) is 2. The largest absolute Gasteiger partial charge is 0.573 e. The van der Waals surface area contributed by atoms with Crippen molar-refractivity contribution in [2.45, 2.75) is 23.4 Å². The van der Waals surface area contributed by atoms with Crippen LogP contribution in [0.25, 0.3) is 0 Å². The molecule has 39 heavy (non-hydrogen) atoms. The van der Waals surface area contributed by atoms with Crippen LogP contribution in [0.1, 0.15) is 0 Å². The molecule has 14 heteroatoms. The SMILES string of the molecule is O=S(=O)(/N=C\C1COC[C@H](N2c3ccc(Cl)cc3Oc3cc(Cl)ccc32)[C@H]1O)c1ccc(OC(F)(F)F)cc1. The molecule has 206 valence electrons. The fourth-order valence-electron chi connectivity index (χ4n) is 4.34. The van der Waals surface area contributed by atoms with Gasteiger partial charge in [0.05, 0.1) is 41.6 Å². The van der Waals surface area contributed by atoms with Crippen LogP contribution in [-0.2, 0) is 14.8 Å². The predicted molar refractivity (Wildman–Crippen MR) is 138 cm³/mol. The third-order valence-corrected chi connectivity index (χ3v) is 7.83. The number of fused-ring (bicyclic) bond motifs is 2. The summed E-state index contributed by atoms with van der Waals surface area (Å²) in [5.74, 6) is -0.541. The highest BCUT2D eigenvalue weighted by Gasteiger charge is 2.40. The van der Waals surface area contributed by atoms with Crippen molar-refractivity contribution < 1.29 is 40.9 Å². The predicted octanol–water partition coefficient (Wildman–Crippen LogP) is 5.97. The van der Waals surface area contributed by atoms with Gasteiger partial charge in [-0.1, -0.05) is 23.2 Å². The van der Waals surface area contributed by atoms with E-state index in [1.54, 1.807) is 36.4 Å². The summed E-state index contributed by atoms with van der Waals surface area (Å²) < 4.78 is 81.7. The number of sulfonamides is 1. The highest BCUT2D eigenvalue weighted by Crippen LogP contribution is 2.50. The van der Waals surface area contributed by atoms with Gasteiger partial charge < -0.3 is 24.2 Å². The van der Waals surface area contributed by atoms with Crippen LogP contribution >= 0.6 is 23.2 Å². The summed E-state index contributed by atoms with van der Waals surface area (Å²) in [6.07, 6.45) is -4.98. The fourth-order valence-corrected chi connectivity index (χ4v) is 5.58. The van der Waals surface area contributed by atoms with E-state index in [1.807, 2.05) is 4.90 Å². The van der Waals surface area contributed by atoms with Crippen LogP contribution in [0.2, 0.25) is 10.0 Å². The van der Waals surface area contributed by atoms with Gasteiger partial charge in [0.1, 0.15) is 5.75 Å². The molecule has 0 amide bonds. The summed E-state index contributed by atoms with van der Waals surface area (Å²) in [4.78, 5) is 1.47. The molecule has 0 radical (unpaired) electrons. The molecule has 1 saturated heterocycles. The Kier molecular flexibility index (Phi) is 7.42. The van der Waals surface area contributed by atoms with Gasteiger partial charge in [-0.25, -0.2) is 0 Å². The minimum Gasteiger partial charge on any atom is -0.453 e. The number of alkyl halides is 3. The van der Waals surface area contributed by atoms with Crippen LogP contribution in [0.3, 0.4) is 0 Å². The molecule has 8 nitrogen and oxygen atoms in total. The van der Waals surface area contributed by atoms with Crippen molar-refractivity contribution >= 4 is 50.8 Å². The average molecular weight is 603 g/mol. The lowest BCUT2D eigenvalue weighted by Crippen LogP contribution is -2.53. The van der Waals surface area contributed by atoms with E-state index in [4.69, 9.17) is 32.7 Å². The van der Waals surface area contributed by atoms with Gasteiger partial charge in [-0.3, -0.25) is 0 Å². The third-order valence-electron chi connectivity index (χ3n) is 6.09. The van der Waals surface area contributed by atoms with E-state index in [1.165, 1.54) is 0 Å². The van der Waals surface area contributed by atoms with Gasteiger partial charge in [-0.05, 0) is 48.5 Å². The molecule has 0 bridgehead atoms. The molecule has 0 saturated carbocycles. The number of aliphatic hydroxyl groups is 1. The van der Waals surface area contributed by atoms with Crippen LogP contribution in [0.15, 0.2) is 70.0 Å². The number of ether oxygens (including phenoxy) is 3. The van der Waals surface area contributed by atoms with Crippen molar-refractivity contribution in [1.29, 1.82) is 0 Å². The first-order valence-electron chi connectivity index (χ1n) is 11.4. The highest BCUT2D eigenvalue weighted by molar-refractivity contribution is 7.90. The normalized spacial score (nSPS) is 21.3. The lowest BCUT2D eigenvalue weighted by atomic mass is 9.93. The van der Waals surface area contributed by atoms with Crippen molar-refractivity contribution in [3.63, 3.8) is 0 Å². The molecule has 3 aromatic rings. The lowest BCUT2D eigenvalue weighted by molar-refractivity contribution is -0.274. The Bertz CT molecular complexity index is 1470. The van der Waals surface area contributed by atoms with E-state index in [-0.39, 0.29) is 18.1 Å². The van der Waals surface area contributed by atoms with E-state index in [9.17, 15) is 26.7 Å². The maximum Gasteiger partial charge on any atom is 0.573 e. The Labute approximate surface area is 231 Å². The molecule has 1 unspecified atom stereocenters. The first-order chi connectivity index (χ1) is 18.4. The monoisotopic (exact) mass is 602 g/mol. The summed E-state index contributed by atoms with van der Waals surface area (Å²) >= 11 is 12.3. The zero-order chi connectivity index (χ0) is 27.9. The van der Waals surface area contributed by atoms with Gasteiger partial charge in [0.2, 0.25) is 0 Å². The number of aliphatic hydroxyl groups excluding tert-OH is 1. The van der Waals surface area contributed by atoms with Gasteiger partial charge in [-0.2, -0.15) is 12.8 Å². The molecule has 0 aromatic heterocycles. The van der Waals surface area contributed by atoms with Crippen molar-refractivity contribution in [3.05, 3.63) is 70.7 Å². The number of benzene rings is 3. The molecule has 2 aliphatic rings. The van der Waals surface area contributed by atoms with E-state index in [0.29, 0.717) is 32.9 Å². The quantitative estimate of drug-likeness (QED) is 0.359. The molecule has 2 aliphatic heterocycles. The van der Waals surface area contributed by atoms with Crippen LogP contribution in [0.5, 0.6) is 17.2 Å². The van der Waals surface area contributed by atoms with E-state index >= 15 is 0 Å². The van der Waals surface area contributed by atoms with Gasteiger partial charge in [-0.15, -0.1) is 13.2 Å². The molecule has 2 heterocycles. The lowest BCUT2D eigenvalue weighted by Gasteiger charge is -2.43. The van der Waals surface area contributed by atoms with Gasteiger partial charge in [0.15, 0.2) is 11.5 Å². The Hall–Kier alpha value is -3.03. The van der Waals surface area contributed by atoms with Crippen LogP contribution in [0, 0.1) is 5.92 Å². The standard InChI is InChI=1S/C25H19Cl2F3N2O6S/c26-15-1-7-19-22(9-15)37-23-10-16(27)2-8-20(23)32(19)21-13-36-12-14(24(21)33)11-31-39(34,35)18-5-3-17(4-6-18)38-25(28,29)30/h1-11,14,21,24,33H,12-13H2/b31-11-/t14?,21-,24-/m0/s1. The van der Waals surface area contributed by atoms with E-state index < -0.39 is 40.2 Å². The third kappa shape index (κ3) is 5.94. The van der Waals surface area contributed by atoms with Gasteiger partial charge >= 0.3 is 6.36 Å². The average Bonchev–Trinajstić information content (AvgIpc) is 2.86. The molecular weight excluding hydrogens is 584 g/mol. The number of anilines is 2. The first kappa shape index (κ1) is 27.5. The summed E-state index contributed by atoms with van der Waals surface area (Å²) in [7, 11) is -4.29. The Morgan fingerprint density at radius 1 is 0.974 bits per heavy atom. The molecular formula is C25H19Cl2F3N2O6S. The Morgan fingerprint density at radius 3 is 2.13 bits per heavy atom. The highest BCUT2D eigenvalue weighted by atomic mass is 35.5. The minimum absolute atomic E-state index is 0.0136. The zero-order valence-electron chi connectivity index (χ0n) is 19.7. The molecule has 3 aromatic carbocycles. The molecule has 1 N–H and O–H groups in total. The fraction of sp³-hybridized carbons (Fsp3) is 0.240. The number of hydrogen-bond donors (Lipinski definition) is 1. The second kappa shape index (κ2) is 10.5. The number of halogens is 5. The maximum absolute atomic E-state index is 12.7. The van der Waals surface area contributed by atoms with Crippen LogP contribution < -0.4 is 14.4 Å². The Balaban J connectivity index is 1.40. The second-order valence-corrected chi connectivity index (χ2v) is 11.2. The zero-order valence-corrected chi connectivity index (χ0v) is 22.0. The summed E-state index contributed by atoms with van der Waals surface area (Å²) in [5.41, 5.74) is 1.21. The van der Waals surface area contributed by atoms with Gasteiger partial charge in [0, 0.05) is 34.3 Å². The Morgan fingerprint density at radius 2 is 1.56 bits per heavy atom. The molecule has 0 aliphatic carbocycles.